The van der Waals surface area contributed by atoms with Gasteiger partial charge in [-0.1, -0.05) is 6.92 Å². The molecule has 1 aromatic rings. The molecular formula is C15H20BrNO5. The lowest BCUT2D eigenvalue weighted by Crippen LogP contribution is -2.25. The van der Waals surface area contributed by atoms with E-state index in [9.17, 15) is 9.59 Å². The predicted molar refractivity (Wildman–Crippen MR) is 85.7 cm³/mol. The second-order valence-electron chi connectivity index (χ2n) is 4.59. The number of hydrogen-bond donors (Lipinski definition) is 2. The molecular weight excluding hydrogens is 354 g/mol. The van der Waals surface area contributed by atoms with Crippen LogP contribution in [-0.4, -0.2) is 37.2 Å². The molecule has 0 atom stereocenters. The Labute approximate surface area is 137 Å². The lowest BCUT2D eigenvalue weighted by molar-refractivity contribution is -0.137. The fourth-order valence-corrected chi connectivity index (χ4v) is 2.30. The molecule has 0 aliphatic rings. The molecule has 0 saturated heterocycles. The average Bonchev–Trinajstić information content (AvgIpc) is 2.49. The molecule has 0 fully saturated rings. The number of hydrogen-bond acceptors (Lipinski definition) is 4. The Kier molecular flexibility index (Phi) is 7.73. The first-order valence-corrected chi connectivity index (χ1v) is 7.79. The SMILES string of the molecule is CCCOc1c(Br)cc(C(=O)NCCCC(=O)O)cc1OC. The summed E-state index contributed by atoms with van der Waals surface area (Å²) in [5.74, 6) is -0.132. The monoisotopic (exact) mass is 373 g/mol. The number of amides is 1. The summed E-state index contributed by atoms with van der Waals surface area (Å²) in [6.07, 6.45) is 1.27. The smallest absolute Gasteiger partial charge is 0.303 e. The van der Waals surface area contributed by atoms with E-state index in [1.165, 1.54) is 7.11 Å². The Morgan fingerprint density at radius 2 is 2.09 bits per heavy atom. The molecule has 0 heterocycles. The number of methoxy groups -OCH3 is 1. The molecule has 7 heteroatoms. The van der Waals surface area contributed by atoms with E-state index in [-0.39, 0.29) is 12.3 Å². The summed E-state index contributed by atoms with van der Waals surface area (Å²) in [4.78, 5) is 22.5. The van der Waals surface area contributed by atoms with Crippen molar-refractivity contribution < 1.29 is 24.2 Å². The van der Waals surface area contributed by atoms with Crippen LogP contribution in [0.2, 0.25) is 0 Å². The second-order valence-corrected chi connectivity index (χ2v) is 5.45. The van der Waals surface area contributed by atoms with E-state index in [1.54, 1.807) is 12.1 Å². The number of carbonyl (C=O) groups excluding carboxylic acids is 1. The van der Waals surface area contributed by atoms with Gasteiger partial charge in [0.2, 0.25) is 0 Å². The van der Waals surface area contributed by atoms with Crippen LogP contribution in [0.5, 0.6) is 11.5 Å². The molecule has 122 valence electrons. The largest absolute Gasteiger partial charge is 0.493 e. The Morgan fingerprint density at radius 1 is 1.36 bits per heavy atom. The van der Waals surface area contributed by atoms with Crippen molar-refractivity contribution in [3.8, 4) is 11.5 Å². The molecule has 0 aromatic heterocycles. The molecule has 0 unspecified atom stereocenters. The van der Waals surface area contributed by atoms with E-state index in [4.69, 9.17) is 14.6 Å². The maximum atomic E-state index is 12.1. The molecule has 1 rings (SSSR count). The summed E-state index contributed by atoms with van der Waals surface area (Å²) in [6.45, 7) is 2.86. The zero-order valence-electron chi connectivity index (χ0n) is 12.6. The Morgan fingerprint density at radius 3 is 2.68 bits per heavy atom. The lowest BCUT2D eigenvalue weighted by Gasteiger charge is -2.14. The fraction of sp³-hybridized carbons (Fsp3) is 0.467. The van der Waals surface area contributed by atoms with Crippen LogP contribution < -0.4 is 14.8 Å². The summed E-state index contributed by atoms with van der Waals surface area (Å²) in [6, 6.07) is 3.25. The van der Waals surface area contributed by atoms with E-state index in [0.29, 0.717) is 41.1 Å². The van der Waals surface area contributed by atoms with Gasteiger partial charge in [0.25, 0.3) is 5.91 Å². The lowest BCUT2D eigenvalue weighted by atomic mass is 10.2. The van der Waals surface area contributed by atoms with Crippen molar-refractivity contribution in [3.63, 3.8) is 0 Å². The van der Waals surface area contributed by atoms with Crippen molar-refractivity contribution in [1.82, 2.24) is 5.32 Å². The summed E-state index contributed by atoms with van der Waals surface area (Å²) in [5, 5.41) is 11.2. The number of carboxylic acid groups (broad SMARTS) is 1. The number of carbonyl (C=O) groups is 2. The molecule has 0 saturated carbocycles. The van der Waals surface area contributed by atoms with Crippen LogP contribution in [0.15, 0.2) is 16.6 Å². The van der Waals surface area contributed by atoms with Crippen molar-refractivity contribution in [3.05, 3.63) is 22.2 Å². The molecule has 0 bridgehead atoms. The summed E-state index contributed by atoms with van der Waals surface area (Å²) in [7, 11) is 1.51. The standard InChI is InChI=1S/C15H20BrNO5/c1-3-7-22-14-11(16)8-10(9-12(14)21-2)15(20)17-6-4-5-13(18)19/h8-9H,3-7H2,1-2H3,(H,17,20)(H,18,19). The zero-order valence-corrected chi connectivity index (χ0v) is 14.2. The number of nitrogens with one attached hydrogen (secondary N) is 1. The van der Waals surface area contributed by atoms with Gasteiger partial charge in [0.15, 0.2) is 11.5 Å². The third kappa shape index (κ3) is 5.55. The molecule has 6 nitrogen and oxygen atoms in total. The van der Waals surface area contributed by atoms with Gasteiger partial charge >= 0.3 is 5.97 Å². The van der Waals surface area contributed by atoms with Crippen molar-refractivity contribution in [2.45, 2.75) is 26.2 Å². The summed E-state index contributed by atoms with van der Waals surface area (Å²) >= 11 is 3.38. The van der Waals surface area contributed by atoms with Gasteiger partial charge in [-0.15, -0.1) is 0 Å². The van der Waals surface area contributed by atoms with Crippen molar-refractivity contribution in [2.24, 2.45) is 0 Å². The number of carboxylic acids is 1. The van der Waals surface area contributed by atoms with Gasteiger partial charge in [0, 0.05) is 18.5 Å². The first kappa shape index (κ1) is 18.3. The zero-order chi connectivity index (χ0) is 16.5. The highest BCUT2D eigenvalue weighted by Crippen LogP contribution is 2.36. The molecule has 0 radical (unpaired) electrons. The van der Waals surface area contributed by atoms with Gasteiger partial charge in [-0.25, -0.2) is 0 Å². The molecule has 1 amide bonds. The van der Waals surface area contributed by atoms with Crippen molar-refractivity contribution in [1.29, 1.82) is 0 Å². The van der Waals surface area contributed by atoms with Crippen LogP contribution in [0.1, 0.15) is 36.5 Å². The normalized spacial score (nSPS) is 10.1. The molecule has 22 heavy (non-hydrogen) atoms. The van der Waals surface area contributed by atoms with Gasteiger partial charge < -0.3 is 19.9 Å². The minimum Gasteiger partial charge on any atom is -0.493 e. The van der Waals surface area contributed by atoms with Crippen LogP contribution in [-0.2, 0) is 4.79 Å². The maximum Gasteiger partial charge on any atom is 0.303 e. The van der Waals surface area contributed by atoms with Crippen LogP contribution >= 0.6 is 15.9 Å². The average molecular weight is 374 g/mol. The van der Waals surface area contributed by atoms with E-state index in [1.807, 2.05) is 6.92 Å². The first-order chi connectivity index (χ1) is 10.5. The number of ether oxygens (including phenoxy) is 2. The van der Waals surface area contributed by atoms with Crippen molar-refractivity contribution in [2.75, 3.05) is 20.3 Å². The van der Waals surface area contributed by atoms with E-state index in [2.05, 4.69) is 21.2 Å². The van der Waals surface area contributed by atoms with Gasteiger partial charge in [0.1, 0.15) is 0 Å². The van der Waals surface area contributed by atoms with Gasteiger partial charge in [-0.3, -0.25) is 9.59 Å². The minimum atomic E-state index is -0.879. The van der Waals surface area contributed by atoms with Gasteiger partial charge in [0.05, 0.1) is 18.2 Å². The van der Waals surface area contributed by atoms with Gasteiger partial charge in [-0.05, 0) is 40.9 Å². The number of rotatable bonds is 9. The number of halogens is 1. The number of aliphatic carboxylic acids is 1. The highest BCUT2D eigenvalue weighted by molar-refractivity contribution is 9.10. The molecule has 2 N–H and O–H groups in total. The Balaban J connectivity index is 2.76. The highest BCUT2D eigenvalue weighted by Gasteiger charge is 2.15. The third-order valence-corrected chi connectivity index (χ3v) is 3.38. The topological polar surface area (TPSA) is 84.9 Å². The van der Waals surface area contributed by atoms with E-state index < -0.39 is 5.97 Å². The molecule has 0 aliphatic carbocycles. The third-order valence-electron chi connectivity index (χ3n) is 2.80. The van der Waals surface area contributed by atoms with E-state index >= 15 is 0 Å². The van der Waals surface area contributed by atoms with Crippen LogP contribution in [0.3, 0.4) is 0 Å². The molecule has 0 aliphatic heterocycles. The van der Waals surface area contributed by atoms with Crippen LogP contribution in [0, 0.1) is 0 Å². The quantitative estimate of drug-likeness (QED) is 0.650. The summed E-state index contributed by atoms with van der Waals surface area (Å²) < 4.78 is 11.5. The fourth-order valence-electron chi connectivity index (χ4n) is 1.74. The van der Waals surface area contributed by atoms with Crippen molar-refractivity contribution >= 4 is 27.8 Å². The predicted octanol–water partition coefficient (Wildman–Crippen LogP) is 2.84. The Hall–Kier alpha value is -1.76. The first-order valence-electron chi connectivity index (χ1n) is 6.99. The highest BCUT2D eigenvalue weighted by atomic mass is 79.9. The Bertz CT molecular complexity index is 533. The minimum absolute atomic E-state index is 0.0249. The van der Waals surface area contributed by atoms with Crippen LogP contribution in [0.25, 0.3) is 0 Å². The van der Waals surface area contributed by atoms with E-state index in [0.717, 1.165) is 6.42 Å². The number of benzene rings is 1. The van der Waals surface area contributed by atoms with Crippen LogP contribution in [0.4, 0.5) is 0 Å². The summed E-state index contributed by atoms with van der Waals surface area (Å²) in [5.41, 5.74) is 0.419. The van der Waals surface area contributed by atoms with Gasteiger partial charge in [-0.2, -0.15) is 0 Å². The molecule has 1 aromatic carbocycles. The maximum absolute atomic E-state index is 12.1. The second kappa shape index (κ2) is 9.30. The molecule has 0 spiro atoms.